The zero-order valence-electron chi connectivity index (χ0n) is 13.0. The molecule has 0 amide bonds. The Balaban J connectivity index is 2.53. The molecule has 23 heavy (non-hydrogen) atoms. The van der Waals surface area contributed by atoms with Gasteiger partial charge in [0.2, 0.25) is 0 Å². The molecule has 2 aromatic carbocycles. The highest BCUT2D eigenvalue weighted by atomic mass is 17.1. The number of benzene rings is 2. The molecule has 1 N–H and O–H groups in total. The lowest BCUT2D eigenvalue weighted by Gasteiger charge is -2.11. The molecule has 0 aliphatic heterocycles. The van der Waals surface area contributed by atoms with E-state index in [-0.39, 0.29) is 5.56 Å². The van der Waals surface area contributed by atoms with Crippen LogP contribution < -0.4 is 0 Å². The van der Waals surface area contributed by atoms with Gasteiger partial charge in [0, 0.05) is 0 Å². The van der Waals surface area contributed by atoms with Gasteiger partial charge in [-0.3, -0.25) is 4.89 Å². The van der Waals surface area contributed by atoms with Crippen LogP contribution in [-0.4, -0.2) is 23.8 Å². The van der Waals surface area contributed by atoms with Crippen LogP contribution in [0, 0.1) is 6.92 Å². The normalized spacial score (nSPS) is 10.2. The second-order valence-corrected chi connectivity index (χ2v) is 5.14. The summed E-state index contributed by atoms with van der Waals surface area (Å²) in [6, 6.07) is 12.0. The van der Waals surface area contributed by atoms with Gasteiger partial charge in [0.05, 0.1) is 17.7 Å². The van der Waals surface area contributed by atoms with E-state index in [1.807, 2.05) is 38.1 Å². The van der Waals surface area contributed by atoms with Crippen molar-refractivity contribution >= 4 is 11.9 Å². The number of hydrogen-bond donors (Lipinski definition) is 1. The van der Waals surface area contributed by atoms with Gasteiger partial charge in [-0.2, -0.15) is 5.26 Å². The second-order valence-electron chi connectivity index (χ2n) is 5.14. The van der Waals surface area contributed by atoms with Crippen molar-refractivity contribution in [1.29, 1.82) is 0 Å². The molecule has 0 unspecified atom stereocenters. The summed E-state index contributed by atoms with van der Waals surface area (Å²) in [4.78, 5) is 27.5. The van der Waals surface area contributed by atoms with E-state index in [4.69, 9.17) is 9.99 Å². The van der Waals surface area contributed by atoms with Crippen molar-refractivity contribution in [3.63, 3.8) is 0 Å². The second kappa shape index (κ2) is 7.56. The molecule has 0 atom stereocenters. The first kappa shape index (κ1) is 16.7. The predicted octanol–water partition coefficient (Wildman–Crippen LogP) is 3.86. The van der Waals surface area contributed by atoms with Gasteiger partial charge in [-0.1, -0.05) is 36.8 Å². The number of ether oxygens (including phenoxy) is 1. The van der Waals surface area contributed by atoms with Gasteiger partial charge in [0.15, 0.2) is 0 Å². The van der Waals surface area contributed by atoms with Crippen molar-refractivity contribution in [3.8, 4) is 11.1 Å². The zero-order chi connectivity index (χ0) is 16.8. The molecule has 0 saturated carbocycles. The molecule has 2 rings (SSSR count). The van der Waals surface area contributed by atoms with E-state index >= 15 is 0 Å². The van der Waals surface area contributed by atoms with Gasteiger partial charge < -0.3 is 4.74 Å². The highest BCUT2D eigenvalue weighted by Gasteiger charge is 2.18. The van der Waals surface area contributed by atoms with Crippen LogP contribution >= 0.6 is 0 Å². The fourth-order valence-corrected chi connectivity index (χ4v) is 2.23. The van der Waals surface area contributed by atoms with E-state index in [9.17, 15) is 9.59 Å². The smallest absolute Gasteiger partial charge is 0.372 e. The highest BCUT2D eigenvalue weighted by molar-refractivity contribution is 6.00. The van der Waals surface area contributed by atoms with E-state index in [2.05, 4.69) is 4.89 Å². The van der Waals surface area contributed by atoms with Crippen LogP contribution in [0.3, 0.4) is 0 Å². The molecule has 0 aromatic heterocycles. The number of hydrogen-bond acceptors (Lipinski definition) is 5. The van der Waals surface area contributed by atoms with E-state index in [0.29, 0.717) is 17.7 Å². The van der Waals surface area contributed by atoms with Crippen molar-refractivity contribution in [2.24, 2.45) is 0 Å². The molecule has 5 nitrogen and oxygen atoms in total. The molecule has 120 valence electrons. The van der Waals surface area contributed by atoms with Crippen molar-refractivity contribution in [1.82, 2.24) is 0 Å². The Morgan fingerprint density at radius 1 is 1.09 bits per heavy atom. The highest BCUT2D eigenvalue weighted by Crippen LogP contribution is 2.27. The Hall–Kier alpha value is -2.66. The minimum Gasteiger partial charge on any atom is -0.462 e. The summed E-state index contributed by atoms with van der Waals surface area (Å²) >= 11 is 0. The van der Waals surface area contributed by atoms with Gasteiger partial charge in [0.1, 0.15) is 0 Å². The fourth-order valence-electron chi connectivity index (χ4n) is 2.23. The van der Waals surface area contributed by atoms with Crippen molar-refractivity contribution in [3.05, 3.63) is 59.2 Å². The molecular weight excluding hydrogens is 296 g/mol. The number of rotatable bonds is 5. The molecule has 0 aliphatic carbocycles. The molecular formula is C18H18O5. The summed E-state index contributed by atoms with van der Waals surface area (Å²) in [7, 11) is 0. The molecule has 0 fully saturated rings. The number of carbonyl (C=O) groups is 2. The first-order valence-electron chi connectivity index (χ1n) is 7.30. The third kappa shape index (κ3) is 3.96. The maximum absolute atomic E-state index is 12.2. The van der Waals surface area contributed by atoms with E-state index in [1.165, 1.54) is 18.2 Å². The van der Waals surface area contributed by atoms with E-state index < -0.39 is 11.9 Å². The summed E-state index contributed by atoms with van der Waals surface area (Å²) < 4.78 is 5.19. The topological polar surface area (TPSA) is 72.8 Å². The van der Waals surface area contributed by atoms with E-state index in [1.54, 1.807) is 0 Å². The Morgan fingerprint density at radius 3 is 2.52 bits per heavy atom. The molecule has 5 heteroatoms. The number of esters is 1. The zero-order valence-corrected chi connectivity index (χ0v) is 13.0. The summed E-state index contributed by atoms with van der Waals surface area (Å²) in [5.41, 5.74) is 2.86. The van der Waals surface area contributed by atoms with Crippen LogP contribution in [0.25, 0.3) is 11.1 Å². The largest absolute Gasteiger partial charge is 0.462 e. The van der Waals surface area contributed by atoms with Crippen LogP contribution in [0.1, 0.15) is 39.6 Å². The Labute approximate surface area is 134 Å². The quantitative estimate of drug-likeness (QED) is 0.515. The summed E-state index contributed by atoms with van der Waals surface area (Å²) in [5.74, 6) is -1.33. The van der Waals surface area contributed by atoms with Crippen LogP contribution in [0.15, 0.2) is 42.5 Å². The lowest BCUT2D eigenvalue weighted by Crippen LogP contribution is -2.09. The van der Waals surface area contributed by atoms with Crippen molar-refractivity contribution in [2.75, 3.05) is 6.61 Å². The number of carbonyl (C=O) groups excluding carboxylic acids is 2. The van der Waals surface area contributed by atoms with Crippen LogP contribution in [0.5, 0.6) is 0 Å². The summed E-state index contributed by atoms with van der Waals surface area (Å²) in [6.07, 6.45) is 0.723. The van der Waals surface area contributed by atoms with Crippen molar-refractivity contribution < 1.29 is 24.5 Å². The van der Waals surface area contributed by atoms with Gasteiger partial charge in [-0.25, -0.2) is 9.59 Å². The fraction of sp³-hybridized carbons (Fsp3) is 0.222. The molecule has 0 aliphatic rings. The van der Waals surface area contributed by atoms with Gasteiger partial charge in [0.25, 0.3) is 0 Å². The first-order valence-corrected chi connectivity index (χ1v) is 7.30. The van der Waals surface area contributed by atoms with Crippen LogP contribution in [0.2, 0.25) is 0 Å². The molecule has 0 heterocycles. The maximum Gasteiger partial charge on any atom is 0.372 e. The SMILES string of the molecule is CCCOC(=O)c1ccc(C(=O)OO)cc1-c1cccc(C)c1. The predicted molar refractivity (Wildman–Crippen MR) is 85.2 cm³/mol. The Kier molecular flexibility index (Phi) is 5.49. The molecule has 0 saturated heterocycles. The molecule has 2 aromatic rings. The average Bonchev–Trinajstić information content (AvgIpc) is 2.58. The van der Waals surface area contributed by atoms with Crippen LogP contribution in [-0.2, 0) is 9.62 Å². The Bertz CT molecular complexity index is 721. The van der Waals surface area contributed by atoms with Crippen LogP contribution in [0.4, 0.5) is 0 Å². The van der Waals surface area contributed by atoms with Gasteiger partial charge >= 0.3 is 11.9 Å². The minimum absolute atomic E-state index is 0.149. The lowest BCUT2D eigenvalue weighted by molar-refractivity contribution is -0.182. The monoisotopic (exact) mass is 314 g/mol. The minimum atomic E-state index is -0.882. The molecule has 0 bridgehead atoms. The average molecular weight is 314 g/mol. The summed E-state index contributed by atoms with van der Waals surface area (Å²) in [6.45, 7) is 4.17. The van der Waals surface area contributed by atoms with Gasteiger partial charge in [-0.15, -0.1) is 0 Å². The lowest BCUT2D eigenvalue weighted by atomic mass is 9.96. The first-order chi connectivity index (χ1) is 11.1. The molecule has 0 spiro atoms. The van der Waals surface area contributed by atoms with E-state index in [0.717, 1.165) is 17.5 Å². The van der Waals surface area contributed by atoms with Gasteiger partial charge in [-0.05, 0) is 42.7 Å². The maximum atomic E-state index is 12.2. The number of aryl methyl sites for hydroxylation is 1. The third-order valence-electron chi connectivity index (χ3n) is 3.32. The third-order valence-corrected chi connectivity index (χ3v) is 3.32. The standard InChI is InChI=1S/C18H18O5/c1-3-9-22-18(20)15-8-7-14(17(19)23-21)11-16(15)13-6-4-5-12(2)10-13/h4-8,10-11,21H,3,9H2,1-2H3. The molecule has 0 radical (unpaired) electrons. The summed E-state index contributed by atoms with van der Waals surface area (Å²) in [5, 5.41) is 8.55. The van der Waals surface area contributed by atoms with Crippen molar-refractivity contribution in [2.45, 2.75) is 20.3 Å². The Morgan fingerprint density at radius 2 is 1.87 bits per heavy atom.